The number of rotatable bonds is 2. The number of aliphatic hydroxyl groups excluding tert-OH is 1. The number of hydrogen-bond acceptors (Lipinski definition) is 2. The molecule has 1 saturated heterocycles. The van der Waals surface area contributed by atoms with Gasteiger partial charge in [-0.15, -0.1) is 0 Å². The van der Waals surface area contributed by atoms with Gasteiger partial charge < -0.3 is 5.11 Å². The predicted molar refractivity (Wildman–Crippen MR) is 93.1 cm³/mol. The number of allylic oxidation sites excluding steroid dienone is 2. The van der Waals surface area contributed by atoms with Gasteiger partial charge in [0.1, 0.15) is 6.23 Å². The molecule has 2 aliphatic carbocycles. The first-order valence-corrected chi connectivity index (χ1v) is 8.59. The Bertz CT molecular complexity index is 829. The van der Waals surface area contributed by atoms with E-state index in [1.54, 1.807) is 4.90 Å². The van der Waals surface area contributed by atoms with E-state index in [1.165, 1.54) is 0 Å². The number of carbonyl (C=O) groups excluding carboxylic acids is 1. The number of anilines is 1. The van der Waals surface area contributed by atoms with Gasteiger partial charge in [0.2, 0.25) is 5.91 Å². The van der Waals surface area contributed by atoms with Crippen molar-refractivity contribution in [1.82, 2.24) is 0 Å². The molecule has 5 atom stereocenters. The van der Waals surface area contributed by atoms with Crippen molar-refractivity contribution in [2.45, 2.75) is 12.6 Å². The number of hydrogen-bond donors (Lipinski definition) is 1. The first kappa shape index (κ1) is 14.0. The summed E-state index contributed by atoms with van der Waals surface area (Å²) in [5, 5.41) is 10.9. The Morgan fingerprint density at radius 1 is 0.917 bits per heavy atom. The molecule has 0 spiro atoms. The summed E-state index contributed by atoms with van der Waals surface area (Å²) < 4.78 is 0. The number of benzene rings is 2. The van der Waals surface area contributed by atoms with Crippen LogP contribution in [0.4, 0.5) is 5.69 Å². The number of para-hydroxylation sites is 1. The van der Waals surface area contributed by atoms with Crippen molar-refractivity contribution >= 4 is 11.6 Å². The molecule has 2 bridgehead atoms. The van der Waals surface area contributed by atoms with Gasteiger partial charge in [-0.05, 0) is 29.9 Å². The molecule has 2 aromatic carbocycles. The van der Waals surface area contributed by atoms with E-state index in [2.05, 4.69) is 12.2 Å². The molecule has 24 heavy (non-hydrogen) atoms. The molecule has 3 heteroatoms. The molecule has 1 aliphatic heterocycles. The molecule has 5 rings (SSSR count). The molecule has 120 valence electrons. The van der Waals surface area contributed by atoms with Crippen molar-refractivity contribution in [1.29, 1.82) is 0 Å². The summed E-state index contributed by atoms with van der Waals surface area (Å²) >= 11 is 0. The molecule has 2 aromatic rings. The minimum absolute atomic E-state index is 0.0383. The Morgan fingerprint density at radius 3 is 2.42 bits per heavy atom. The van der Waals surface area contributed by atoms with Crippen molar-refractivity contribution in [3.05, 3.63) is 66.7 Å². The summed E-state index contributed by atoms with van der Waals surface area (Å²) in [6.07, 6.45) is 4.65. The molecular formula is C21H19NO2. The monoisotopic (exact) mass is 317 g/mol. The Balaban J connectivity index is 1.60. The average molecular weight is 317 g/mol. The van der Waals surface area contributed by atoms with Gasteiger partial charge >= 0.3 is 0 Å². The van der Waals surface area contributed by atoms with Gasteiger partial charge in [0.05, 0.1) is 11.6 Å². The minimum Gasteiger partial charge on any atom is -0.373 e. The van der Waals surface area contributed by atoms with Gasteiger partial charge in [-0.1, -0.05) is 60.7 Å². The van der Waals surface area contributed by atoms with Crippen LogP contribution in [0.3, 0.4) is 0 Å². The van der Waals surface area contributed by atoms with E-state index in [0.717, 1.165) is 23.2 Å². The topological polar surface area (TPSA) is 40.5 Å². The van der Waals surface area contributed by atoms with E-state index in [0.29, 0.717) is 11.8 Å². The zero-order chi connectivity index (χ0) is 16.3. The molecule has 1 amide bonds. The summed E-state index contributed by atoms with van der Waals surface area (Å²) in [7, 11) is 0. The van der Waals surface area contributed by atoms with Gasteiger partial charge in [0, 0.05) is 11.5 Å². The largest absolute Gasteiger partial charge is 0.373 e. The molecule has 0 aromatic heterocycles. The molecule has 2 fully saturated rings. The maximum atomic E-state index is 13.1. The molecule has 1 N–H and O–H groups in total. The third-order valence-electron chi connectivity index (χ3n) is 5.90. The third-order valence-corrected chi connectivity index (χ3v) is 5.90. The van der Waals surface area contributed by atoms with Crippen LogP contribution in [0.15, 0.2) is 66.7 Å². The standard InChI is InChI=1S/C21H19NO2/c23-20-18-14-10-11-15(12-14)19(18)21(24)22(20)17-9-5-4-8-16(17)13-6-2-1-3-7-13/h1-11,14-15,18-20,23H,12H2. The zero-order valence-electron chi connectivity index (χ0n) is 13.2. The zero-order valence-corrected chi connectivity index (χ0v) is 13.2. The van der Waals surface area contributed by atoms with Gasteiger partial charge in [-0.25, -0.2) is 0 Å². The van der Waals surface area contributed by atoms with Crippen molar-refractivity contribution < 1.29 is 9.90 Å². The Labute approximate surface area is 141 Å². The summed E-state index contributed by atoms with van der Waals surface area (Å²) in [6, 6.07) is 17.9. The first-order chi connectivity index (χ1) is 11.8. The molecule has 1 heterocycles. The highest BCUT2D eigenvalue weighted by atomic mass is 16.3. The van der Waals surface area contributed by atoms with Crippen molar-refractivity contribution in [2.24, 2.45) is 23.7 Å². The number of nitrogens with zero attached hydrogens (tertiary/aromatic N) is 1. The number of aliphatic hydroxyl groups is 1. The lowest BCUT2D eigenvalue weighted by Gasteiger charge is -2.27. The lowest BCUT2D eigenvalue weighted by molar-refractivity contribution is -0.121. The summed E-state index contributed by atoms with van der Waals surface area (Å²) in [4.78, 5) is 14.7. The highest BCUT2D eigenvalue weighted by Gasteiger charge is 2.59. The van der Waals surface area contributed by atoms with Crippen LogP contribution >= 0.6 is 0 Å². The number of fused-ring (bicyclic) bond motifs is 5. The summed E-state index contributed by atoms with van der Waals surface area (Å²) in [6.45, 7) is 0. The van der Waals surface area contributed by atoms with Gasteiger partial charge in [0.15, 0.2) is 0 Å². The van der Waals surface area contributed by atoms with Crippen molar-refractivity contribution in [2.75, 3.05) is 4.90 Å². The predicted octanol–water partition coefficient (Wildman–Crippen LogP) is 3.46. The Kier molecular flexibility index (Phi) is 2.95. The van der Waals surface area contributed by atoms with E-state index >= 15 is 0 Å². The maximum Gasteiger partial charge on any atom is 0.233 e. The van der Waals surface area contributed by atoms with Gasteiger partial charge in [-0.2, -0.15) is 0 Å². The smallest absolute Gasteiger partial charge is 0.233 e. The highest BCUT2D eigenvalue weighted by molar-refractivity contribution is 6.02. The van der Waals surface area contributed by atoms with E-state index in [9.17, 15) is 9.90 Å². The number of carbonyl (C=O) groups is 1. The van der Waals surface area contributed by atoms with Gasteiger partial charge in [0.25, 0.3) is 0 Å². The normalized spacial score (nSPS) is 33.3. The Hall–Kier alpha value is -2.39. The van der Waals surface area contributed by atoms with E-state index in [-0.39, 0.29) is 17.7 Å². The van der Waals surface area contributed by atoms with E-state index < -0.39 is 6.23 Å². The quantitative estimate of drug-likeness (QED) is 0.862. The fourth-order valence-electron chi connectivity index (χ4n) is 4.88. The van der Waals surface area contributed by atoms with Crippen LogP contribution in [-0.4, -0.2) is 17.2 Å². The van der Waals surface area contributed by atoms with Crippen LogP contribution in [-0.2, 0) is 4.79 Å². The van der Waals surface area contributed by atoms with Crippen molar-refractivity contribution in [3.8, 4) is 11.1 Å². The summed E-state index contributed by atoms with van der Waals surface area (Å²) in [5.41, 5.74) is 2.87. The minimum atomic E-state index is -0.729. The SMILES string of the molecule is O=C1C2C3C=CC(C3)C2C(O)N1c1ccccc1-c1ccccc1. The van der Waals surface area contributed by atoms with Crippen LogP contribution in [0, 0.1) is 23.7 Å². The summed E-state index contributed by atoms with van der Waals surface area (Å²) in [5.74, 6) is 0.701. The average Bonchev–Trinajstić information content (AvgIpc) is 3.30. The molecule has 3 nitrogen and oxygen atoms in total. The second-order valence-corrected chi connectivity index (χ2v) is 7.06. The van der Waals surface area contributed by atoms with E-state index in [1.807, 2.05) is 54.6 Å². The lowest BCUT2D eigenvalue weighted by atomic mass is 9.85. The van der Waals surface area contributed by atoms with Gasteiger partial charge in [-0.3, -0.25) is 9.69 Å². The molecule has 0 radical (unpaired) electrons. The first-order valence-electron chi connectivity index (χ1n) is 8.59. The number of amides is 1. The lowest BCUT2D eigenvalue weighted by Crippen LogP contribution is -2.37. The molecule has 5 unspecified atom stereocenters. The van der Waals surface area contributed by atoms with Crippen LogP contribution in [0.25, 0.3) is 11.1 Å². The highest BCUT2D eigenvalue weighted by Crippen LogP contribution is 2.55. The van der Waals surface area contributed by atoms with Crippen LogP contribution in [0.1, 0.15) is 6.42 Å². The van der Waals surface area contributed by atoms with Crippen LogP contribution in [0.2, 0.25) is 0 Å². The second-order valence-electron chi connectivity index (χ2n) is 7.06. The second kappa shape index (κ2) is 5.05. The third kappa shape index (κ3) is 1.79. The van der Waals surface area contributed by atoms with E-state index in [4.69, 9.17) is 0 Å². The van der Waals surface area contributed by atoms with Crippen LogP contribution < -0.4 is 4.90 Å². The molecule has 1 saturated carbocycles. The molecular weight excluding hydrogens is 298 g/mol. The Morgan fingerprint density at radius 2 is 1.62 bits per heavy atom. The van der Waals surface area contributed by atoms with Crippen LogP contribution in [0.5, 0.6) is 0 Å². The fourth-order valence-corrected chi connectivity index (χ4v) is 4.88. The fraction of sp³-hybridized carbons (Fsp3) is 0.286. The van der Waals surface area contributed by atoms with Crippen molar-refractivity contribution in [3.63, 3.8) is 0 Å². The molecule has 3 aliphatic rings. The maximum absolute atomic E-state index is 13.1.